The molecule has 2 rings (SSSR count). The zero-order valence-electron chi connectivity index (χ0n) is 9.83. The number of benzene rings is 1. The first-order chi connectivity index (χ1) is 7.48. The fourth-order valence-electron chi connectivity index (χ4n) is 2.24. The van der Waals surface area contributed by atoms with E-state index >= 15 is 0 Å². The molecule has 0 saturated carbocycles. The molecule has 88 valence electrons. The van der Waals surface area contributed by atoms with E-state index in [0.29, 0.717) is 0 Å². The third-order valence-electron chi connectivity index (χ3n) is 3.07. The molecule has 0 aliphatic carbocycles. The topological polar surface area (TPSA) is 23.5 Å². The summed E-state index contributed by atoms with van der Waals surface area (Å²) in [7, 11) is 0. The van der Waals surface area contributed by atoms with Gasteiger partial charge in [0.2, 0.25) is 0 Å². The second-order valence-corrected chi connectivity index (χ2v) is 4.91. The van der Waals surface area contributed by atoms with Gasteiger partial charge < -0.3 is 10.0 Å². The summed E-state index contributed by atoms with van der Waals surface area (Å²) in [5.41, 5.74) is 0.715. The van der Waals surface area contributed by atoms with Gasteiger partial charge in [-0.3, -0.25) is 0 Å². The van der Waals surface area contributed by atoms with Crippen molar-refractivity contribution >= 4 is 5.69 Å². The Balaban J connectivity index is 2.43. The molecule has 1 aromatic rings. The Morgan fingerprint density at radius 1 is 1.25 bits per heavy atom. The van der Waals surface area contributed by atoms with Gasteiger partial charge in [0, 0.05) is 24.3 Å². The lowest BCUT2D eigenvalue weighted by Gasteiger charge is -2.27. The molecule has 0 unspecified atom stereocenters. The van der Waals surface area contributed by atoms with E-state index in [1.807, 2.05) is 0 Å². The van der Waals surface area contributed by atoms with Gasteiger partial charge in [-0.05, 0) is 38.8 Å². The molecule has 1 aliphatic heterocycles. The van der Waals surface area contributed by atoms with E-state index < -0.39 is 5.60 Å². The van der Waals surface area contributed by atoms with Crippen molar-refractivity contribution in [2.24, 2.45) is 0 Å². The molecule has 1 aromatic carbocycles. The summed E-state index contributed by atoms with van der Waals surface area (Å²) in [5, 5.41) is 10.1. The van der Waals surface area contributed by atoms with Gasteiger partial charge in [0.25, 0.3) is 0 Å². The molecule has 0 spiro atoms. The van der Waals surface area contributed by atoms with Crippen molar-refractivity contribution in [1.29, 1.82) is 0 Å². The average Bonchev–Trinajstić information content (AvgIpc) is 2.68. The molecular formula is C13H18FNO. The van der Waals surface area contributed by atoms with Crippen molar-refractivity contribution in [3.63, 3.8) is 0 Å². The molecule has 1 saturated heterocycles. The van der Waals surface area contributed by atoms with E-state index in [2.05, 4.69) is 4.90 Å². The molecule has 0 aromatic heterocycles. The highest BCUT2D eigenvalue weighted by Crippen LogP contribution is 2.32. The number of halogens is 1. The van der Waals surface area contributed by atoms with Crippen molar-refractivity contribution in [2.45, 2.75) is 32.3 Å². The minimum atomic E-state index is -0.925. The van der Waals surface area contributed by atoms with E-state index in [-0.39, 0.29) is 5.82 Å². The van der Waals surface area contributed by atoms with Crippen molar-refractivity contribution in [2.75, 3.05) is 18.0 Å². The molecular weight excluding hydrogens is 205 g/mol. The molecule has 2 nitrogen and oxygen atoms in total. The van der Waals surface area contributed by atoms with E-state index in [1.54, 1.807) is 19.9 Å². The minimum Gasteiger partial charge on any atom is -0.386 e. The lowest BCUT2D eigenvalue weighted by Crippen LogP contribution is -2.25. The third kappa shape index (κ3) is 2.19. The fraction of sp³-hybridized carbons (Fsp3) is 0.538. The number of aliphatic hydroxyl groups is 1. The largest absolute Gasteiger partial charge is 0.386 e. The molecule has 1 fully saturated rings. The van der Waals surface area contributed by atoms with Crippen LogP contribution in [-0.4, -0.2) is 18.2 Å². The summed E-state index contributed by atoms with van der Waals surface area (Å²) < 4.78 is 13.3. The standard InChI is InChI=1S/C13H18FNO/c1-13(2,16)11-6-5-10(14)9-12(11)15-7-3-4-8-15/h5-6,9,16H,3-4,7-8H2,1-2H3. The summed E-state index contributed by atoms with van der Waals surface area (Å²) in [6.07, 6.45) is 2.28. The maximum absolute atomic E-state index is 13.3. The number of hydrogen-bond acceptors (Lipinski definition) is 2. The van der Waals surface area contributed by atoms with E-state index in [9.17, 15) is 9.50 Å². The van der Waals surface area contributed by atoms with Gasteiger partial charge in [-0.2, -0.15) is 0 Å². The predicted octanol–water partition coefficient (Wildman–Crippen LogP) is 2.65. The quantitative estimate of drug-likeness (QED) is 0.833. The van der Waals surface area contributed by atoms with Crippen LogP contribution in [0.1, 0.15) is 32.3 Å². The number of nitrogens with zero attached hydrogens (tertiary/aromatic N) is 1. The fourth-order valence-corrected chi connectivity index (χ4v) is 2.24. The Kier molecular flexibility index (Phi) is 2.89. The highest BCUT2D eigenvalue weighted by atomic mass is 19.1. The van der Waals surface area contributed by atoms with Crippen LogP contribution in [0, 0.1) is 5.82 Å². The molecule has 0 amide bonds. The number of hydrogen-bond donors (Lipinski definition) is 1. The van der Waals surface area contributed by atoms with Gasteiger partial charge in [0.05, 0.1) is 5.60 Å². The highest BCUT2D eigenvalue weighted by Gasteiger charge is 2.24. The zero-order chi connectivity index (χ0) is 11.8. The van der Waals surface area contributed by atoms with Crippen LogP contribution in [0.4, 0.5) is 10.1 Å². The molecule has 1 aliphatic rings. The summed E-state index contributed by atoms with van der Waals surface area (Å²) in [6.45, 7) is 5.37. The average molecular weight is 223 g/mol. The summed E-state index contributed by atoms with van der Waals surface area (Å²) >= 11 is 0. The second kappa shape index (κ2) is 4.06. The maximum Gasteiger partial charge on any atom is 0.125 e. The third-order valence-corrected chi connectivity index (χ3v) is 3.07. The first-order valence-electron chi connectivity index (χ1n) is 5.76. The zero-order valence-corrected chi connectivity index (χ0v) is 9.83. The normalized spacial score (nSPS) is 16.9. The molecule has 0 atom stereocenters. The van der Waals surface area contributed by atoms with Gasteiger partial charge in [0.1, 0.15) is 5.82 Å². The van der Waals surface area contributed by atoms with Crippen LogP contribution >= 0.6 is 0 Å². The summed E-state index contributed by atoms with van der Waals surface area (Å²) in [6, 6.07) is 4.62. The molecule has 16 heavy (non-hydrogen) atoms. The Morgan fingerprint density at radius 3 is 2.44 bits per heavy atom. The monoisotopic (exact) mass is 223 g/mol. The van der Waals surface area contributed by atoms with E-state index in [4.69, 9.17) is 0 Å². The van der Waals surface area contributed by atoms with Crippen LogP contribution in [0.25, 0.3) is 0 Å². The maximum atomic E-state index is 13.3. The van der Waals surface area contributed by atoms with Crippen LogP contribution in [0.3, 0.4) is 0 Å². The number of anilines is 1. The lowest BCUT2D eigenvalue weighted by molar-refractivity contribution is 0.0790. The first-order valence-corrected chi connectivity index (χ1v) is 5.76. The van der Waals surface area contributed by atoms with Gasteiger partial charge in [-0.25, -0.2) is 4.39 Å². The van der Waals surface area contributed by atoms with Crippen LogP contribution in [0.15, 0.2) is 18.2 Å². The molecule has 1 N–H and O–H groups in total. The number of rotatable bonds is 2. The Bertz CT molecular complexity index is 378. The first kappa shape index (κ1) is 11.4. The van der Waals surface area contributed by atoms with Crippen molar-refractivity contribution in [3.8, 4) is 0 Å². The van der Waals surface area contributed by atoms with Crippen LogP contribution < -0.4 is 4.90 Å². The summed E-state index contributed by atoms with van der Waals surface area (Å²) in [4.78, 5) is 2.15. The van der Waals surface area contributed by atoms with E-state index in [0.717, 1.165) is 37.2 Å². The van der Waals surface area contributed by atoms with Crippen molar-refractivity contribution in [3.05, 3.63) is 29.6 Å². The Labute approximate surface area is 95.7 Å². The van der Waals surface area contributed by atoms with Gasteiger partial charge in [0.15, 0.2) is 0 Å². The predicted molar refractivity (Wildman–Crippen MR) is 63.1 cm³/mol. The van der Waals surface area contributed by atoms with Crippen LogP contribution in [0.2, 0.25) is 0 Å². The molecule has 3 heteroatoms. The van der Waals surface area contributed by atoms with Crippen molar-refractivity contribution in [1.82, 2.24) is 0 Å². The minimum absolute atomic E-state index is 0.241. The van der Waals surface area contributed by atoms with Crippen LogP contribution in [0.5, 0.6) is 0 Å². The molecule has 0 radical (unpaired) electrons. The van der Waals surface area contributed by atoms with Crippen molar-refractivity contribution < 1.29 is 9.50 Å². The van der Waals surface area contributed by atoms with Gasteiger partial charge >= 0.3 is 0 Å². The Morgan fingerprint density at radius 2 is 1.88 bits per heavy atom. The highest BCUT2D eigenvalue weighted by molar-refractivity contribution is 5.56. The molecule has 0 bridgehead atoms. The van der Waals surface area contributed by atoms with Gasteiger partial charge in [-0.1, -0.05) is 6.07 Å². The van der Waals surface area contributed by atoms with E-state index in [1.165, 1.54) is 12.1 Å². The second-order valence-electron chi connectivity index (χ2n) is 4.91. The van der Waals surface area contributed by atoms with Crippen LogP contribution in [-0.2, 0) is 5.60 Å². The summed E-state index contributed by atoms with van der Waals surface area (Å²) in [5.74, 6) is -0.241. The Hall–Kier alpha value is -1.09. The smallest absolute Gasteiger partial charge is 0.125 e. The molecule has 1 heterocycles. The van der Waals surface area contributed by atoms with Gasteiger partial charge in [-0.15, -0.1) is 0 Å². The SMILES string of the molecule is CC(C)(O)c1ccc(F)cc1N1CCCC1. The lowest BCUT2D eigenvalue weighted by atomic mass is 9.96.